The number of nitriles is 1. The van der Waals surface area contributed by atoms with Crippen LogP contribution in [0.2, 0.25) is 0 Å². The van der Waals surface area contributed by atoms with Crippen molar-refractivity contribution in [3.05, 3.63) is 48.0 Å². The zero-order valence-electron chi connectivity index (χ0n) is 11.0. The van der Waals surface area contributed by atoms with Gasteiger partial charge in [0.1, 0.15) is 0 Å². The highest BCUT2D eigenvalue weighted by atomic mass is 14.6. The molecule has 1 heteroatoms. The molecule has 2 fully saturated rings. The summed E-state index contributed by atoms with van der Waals surface area (Å²) in [6, 6.07) is 17.8. The molecule has 0 N–H and O–H groups in total. The van der Waals surface area contributed by atoms with Gasteiger partial charge in [0.2, 0.25) is 0 Å². The molecule has 94 valence electrons. The monoisotopic (exact) mass is 247 g/mol. The van der Waals surface area contributed by atoms with Gasteiger partial charge in [0.05, 0.1) is 12.0 Å². The fourth-order valence-corrected chi connectivity index (χ4v) is 4.20. The first-order chi connectivity index (χ1) is 9.32. The van der Waals surface area contributed by atoms with Gasteiger partial charge < -0.3 is 0 Å². The quantitative estimate of drug-likeness (QED) is 0.720. The maximum atomic E-state index is 9.33. The smallest absolute Gasteiger partial charge is 0.0662 e. The average Bonchev–Trinajstić information content (AvgIpc) is 2.36. The van der Waals surface area contributed by atoms with Crippen molar-refractivity contribution in [2.24, 2.45) is 11.3 Å². The van der Waals surface area contributed by atoms with Crippen LogP contribution in [-0.4, -0.2) is 0 Å². The van der Waals surface area contributed by atoms with Crippen LogP contribution in [0, 0.1) is 22.7 Å². The molecule has 0 radical (unpaired) electrons. The van der Waals surface area contributed by atoms with E-state index in [1.807, 2.05) is 0 Å². The zero-order chi connectivity index (χ0) is 12.9. The number of hydrogen-bond donors (Lipinski definition) is 0. The lowest BCUT2D eigenvalue weighted by Crippen LogP contribution is -2.49. The summed E-state index contributed by atoms with van der Waals surface area (Å²) in [6.45, 7) is 0. The van der Waals surface area contributed by atoms with Crippen molar-refractivity contribution in [1.82, 2.24) is 0 Å². The molecule has 0 aliphatic heterocycles. The number of rotatable bonds is 1. The van der Waals surface area contributed by atoms with E-state index in [4.69, 9.17) is 0 Å². The van der Waals surface area contributed by atoms with Crippen molar-refractivity contribution in [1.29, 1.82) is 5.26 Å². The maximum Gasteiger partial charge on any atom is 0.0662 e. The van der Waals surface area contributed by atoms with Gasteiger partial charge in [-0.25, -0.2) is 0 Å². The summed E-state index contributed by atoms with van der Waals surface area (Å²) < 4.78 is 0. The molecular formula is C18H17N. The standard InChI is InChI=1S/C18H17N/c19-12-16-11-18(8-3-9-18)17(16)15-7-6-13-4-1-2-5-14(13)10-15/h1-2,4-7,10,16-17H,3,8-9,11H2. The molecule has 2 unspecified atom stereocenters. The van der Waals surface area contributed by atoms with E-state index < -0.39 is 0 Å². The Hall–Kier alpha value is -1.81. The molecule has 2 saturated carbocycles. The third kappa shape index (κ3) is 1.46. The molecule has 2 aliphatic carbocycles. The van der Waals surface area contributed by atoms with Gasteiger partial charge >= 0.3 is 0 Å². The third-order valence-electron chi connectivity index (χ3n) is 5.34. The molecule has 2 aromatic carbocycles. The van der Waals surface area contributed by atoms with Gasteiger partial charge in [-0.15, -0.1) is 0 Å². The van der Waals surface area contributed by atoms with Gasteiger partial charge in [-0.3, -0.25) is 0 Å². The minimum Gasteiger partial charge on any atom is -0.198 e. The second-order valence-corrected chi connectivity index (χ2v) is 6.24. The van der Waals surface area contributed by atoms with Crippen molar-refractivity contribution >= 4 is 10.8 Å². The van der Waals surface area contributed by atoms with Crippen LogP contribution >= 0.6 is 0 Å². The van der Waals surface area contributed by atoms with Crippen molar-refractivity contribution in [2.75, 3.05) is 0 Å². The Labute approximate surface area is 113 Å². The van der Waals surface area contributed by atoms with Crippen LogP contribution in [0.5, 0.6) is 0 Å². The molecule has 0 heterocycles. The Balaban J connectivity index is 1.78. The molecular weight excluding hydrogens is 230 g/mol. The van der Waals surface area contributed by atoms with Gasteiger partial charge in [-0.05, 0) is 41.0 Å². The normalized spacial score (nSPS) is 27.5. The van der Waals surface area contributed by atoms with E-state index in [9.17, 15) is 5.26 Å². The molecule has 0 bridgehead atoms. The summed E-state index contributed by atoms with van der Waals surface area (Å²) in [6.07, 6.45) is 5.12. The maximum absolute atomic E-state index is 9.33. The van der Waals surface area contributed by atoms with Gasteiger partial charge in [-0.2, -0.15) is 5.26 Å². The topological polar surface area (TPSA) is 23.8 Å². The Kier molecular flexibility index (Phi) is 2.23. The molecule has 1 nitrogen and oxygen atoms in total. The molecule has 2 aliphatic rings. The number of nitrogens with zero attached hydrogens (tertiary/aromatic N) is 1. The van der Waals surface area contributed by atoms with E-state index >= 15 is 0 Å². The van der Waals surface area contributed by atoms with Gasteiger partial charge in [0.25, 0.3) is 0 Å². The molecule has 0 aromatic heterocycles. The summed E-state index contributed by atoms with van der Waals surface area (Å²) in [5, 5.41) is 11.9. The van der Waals surface area contributed by atoms with Gasteiger partial charge in [-0.1, -0.05) is 48.9 Å². The predicted octanol–water partition coefficient (Wildman–Crippen LogP) is 4.64. The zero-order valence-corrected chi connectivity index (χ0v) is 11.0. The van der Waals surface area contributed by atoms with Gasteiger partial charge in [0.15, 0.2) is 0 Å². The van der Waals surface area contributed by atoms with Crippen LogP contribution in [0.25, 0.3) is 10.8 Å². The first-order valence-electron chi connectivity index (χ1n) is 7.21. The summed E-state index contributed by atoms with van der Waals surface area (Å²) in [7, 11) is 0. The molecule has 0 amide bonds. The Bertz CT molecular complexity index is 675. The SMILES string of the molecule is N#CC1CC2(CCC2)C1c1ccc2ccccc2c1. The molecule has 2 atom stereocenters. The van der Waals surface area contributed by atoms with E-state index in [1.54, 1.807) is 0 Å². The number of fused-ring (bicyclic) bond motifs is 1. The summed E-state index contributed by atoms with van der Waals surface area (Å²) >= 11 is 0. The van der Waals surface area contributed by atoms with Crippen LogP contribution in [0.3, 0.4) is 0 Å². The third-order valence-corrected chi connectivity index (χ3v) is 5.34. The number of hydrogen-bond acceptors (Lipinski definition) is 1. The predicted molar refractivity (Wildman–Crippen MR) is 76.7 cm³/mol. The Morgan fingerprint density at radius 2 is 1.84 bits per heavy atom. The summed E-state index contributed by atoms with van der Waals surface area (Å²) in [5.74, 6) is 0.720. The molecule has 4 rings (SSSR count). The fraction of sp³-hybridized carbons (Fsp3) is 0.389. The van der Waals surface area contributed by atoms with Crippen molar-refractivity contribution in [3.8, 4) is 6.07 Å². The highest BCUT2D eigenvalue weighted by molar-refractivity contribution is 5.83. The van der Waals surface area contributed by atoms with Crippen LogP contribution < -0.4 is 0 Å². The second kappa shape index (κ2) is 3.84. The minimum absolute atomic E-state index is 0.237. The second-order valence-electron chi connectivity index (χ2n) is 6.24. The van der Waals surface area contributed by atoms with Crippen LogP contribution in [0.1, 0.15) is 37.2 Å². The molecule has 19 heavy (non-hydrogen) atoms. The minimum atomic E-state index is 0.237. The van der Waals surface area contributed by atoms with Crippen LogP contribution in [0.15, 0.2) is 42.5 Å². The number of benzene rings is 2. The molecule has 0 saturated heterocycles. The Morgan fingerprint density at radius 3 is 2.53 bits per heavy atom. The average molecular weight is 247 g/mol. The summed E-state index contributed by atoms with van der Waals surface area (Å²) in [4.78, 5) is 0. The van der Waals surface area contributed by atoms with E-state index in [1.165, 1.54) is 35.6 Å². The van der Waals surface area contributed by atoms with Gasteiger partial charge in [0, 0.05) is 5.92 Å². The van der Waals surface area contributed by atoms with E-state index in [-0.39, 0.29) is 5.92 Å². The van der Waals surface area contributed by atoms with E-state index in [0.29, 0.717) is 11.3 Å². The lowest BCUT2D eigenvalue weighted by Gasteiger charge is -2.59. The lowest BCUT2D eigenvalue weighted by atomic mass is 9.44. The first-order valence-corrected chi connectivity index (χ1v) is 7.21. The van der Waals surface area contributed by atoms with E-state index in [2.05, 4.69) is 48.5 Å². The van der Waals surface area contributed by atoms with Crippen molar-refractivity contribution < 1.29 is 0 Å². The molecule has 2 aromatic rings. The highest BCUT2D eigenvalue weighted by Gasteiger charge is 2.57. The molecule has 1 spiro atoms. The van der Waals surface area contributed by atoms with Crippen LogP contribution in [0.4, 0.5) is 0 Å². The van der Waals surface area contributed by atoms with Crippen molar-refractivity contribution in [3.63, 3.8) is 0 Å². The lowest BCUT2D eigenvalue weighted by molar-refractivity contribution is -0.0353. The fourth-order valence-electron chi connectivity index (χ4n) is 4.20. The Morgan fingerprint density at radius 1 is 1.05 bits per heavy atom. The van der Waals surface area contributed by atoms with Crippen molar-refractivity contribution in [2.45, 2.75) is 31.6 Å². The van der Waals surface area contributed by atoms with Crippen LogP contribution in [-0.2, 0) is 0 Å². The largest absolute Gasteiger partial charge is 0.198 e. The first kappa shape index (κ1) is 11.1. The van der Waals surface area contributed by atoms with E-state index in [0.717, 1.165) is 6.42 Å². The highest BCUT2D eigenvalue weighted by Crippen LogP contribution is 2.66. The summed E-state index contributed by atoms with van der Waals surface area (Å²) in [5.41, 5.74) is 1.86.